The van der Waals surface area contributed by atoms with E-state index in [0.717, 1.165) is 17.8 Å². The Labute approximate surface area is 168 Å². The molecular formula is C23H49PS. The van der Waals surface area contributed by atoms with E-state index >= 15 is 0 Å². The topological polar surface area (TPSA) is 0 Å². The minimum absolute atomic E-state index is 0.690. The van der Waals surface area contributed by atoms with Crippen molar-refractivity contribution in [2.24, 2.45) is 17.8 Å². The largest absolute Gasteiger partial charge is 0.124 e. The average Bonchev–Trinajstić information content (AvgIpc) is 2.66. The smallest absolute Gasteiger partial charge is 0.0262 e. The lowest BCUT2D eigenvalue weighted by molar-refractivity contribution is 0.233. The standard InChI is InChI=1S/C13H25PS.C6H12.2C2H6/c1-9(2)11-5-7-12(8-6-11)13(14)15-10(3)4;1-2-4-6-5-3-1;2*1-2/h9,11-13H,3,5-8,14H2,1-2,4H3;1-6H2;2*1-2H3. The maximum atomic E-state index is 3.98. The normalized spacial score (nSPS) is 23.7. The first-order valence-electron chi connectivity index (χ1n) is 11.1. The molecule has 2 fully saturated rings. The molecule has 2 atom stereocenters. The Morgan fingerprint density at radius 3 is 1.40 bits per heavy atom. The van der Waals surface area contributed by atoms with Gasteiger partial charge in [0, 0.05) is 4.99 Å². The molecule has 0 aliphatic heterocycles. The second kappa shape index (κ2) is 19.3. The zero-order valence-electron chi connectivity index (χ0n) is 18.6. The summed E-state index contributed by atoms with van der Waals surface area (Å²) in [5, 5.41) is 0. The van der Waals surface area contributed by atoms with E-state index in [9.17, 15) is 0 Å². The number of hydrogen-bond acceptors (Lipinski definition) is 1. The predicted molar refractivity (Wildman–Crippen MR) is 127 cm³/mol. The van der Waals surface area contributed by atoms with Gasteiger partial charge in [0.05, 0.1) is 0 Å². The predicted octanol–water partition coefficient (Wildman–Crippen LogP) is 9.31. The van der Waals surface area contributed by atoms with Crippen molar-refractivity contribution in [2.45, 2.75) is 118 Å². The van der Waals surface area contributed by atoms with E-state index in [1.165, 1.54) is 69.1 Å². The van der Waals surface area contributed by atoms with Gasteiger partial charge in [0.1, 0.15) is 0 Å². The van der Waals surface area contributed by atoms with Crippen molar-refractivity contribution in [3.8, 4) is 0 Å². The summed E-state index contributed by atoms with van der Waals surface area (Å²) >= 11 is 1.94. The van der Waals surface area contributed by atoms with Gasteiger partial charge in [-0.25, -0.2) is 0 Å². The highest BCUT2D eigenvalue weighted by Crippen LogP contribution is 2.41. The van der Waals surface area contributed by atoms with Crippen molar-refractivity contribution in [3.63, 3.8) is 0 Å². The van der Waals surface area contributed by atoms with Crippen LogP contribution in [0.2, 0.25) is 0 Å². The molecule has 2 heteroatoms. The molecule has 2 unspecified atom stereocenters. The van der Waals surface area contributed by atoms with Crippen molar-refractivity contribution in [3.05, 3.63) is 11.5 Å². The highest BCUT2D eigenvalue weighted by atomic mass is 32.2. The summed E-state index contributed by atoms with van der Waals surface area (Å²) in [6.07, 6.45) is 14.7. The molecule has 0 heterocycles. The summed E-state index contributed by atoms with van der Waals surface area (Å²) in [6, 6.07) is 0. The Balaban J connectivity index is 0. The molecule has 25 heavy (non-hydrogen) atoms. The summed E-state index contributed by atoms with van der Waals surface area (Å²) in [7, 11) is 3.01. The maximum Gasteiger partial charge on any atom is 0.0262 e. The van der Waals surface area contributed by atoms with Crippen LogP contribution in [0, 0.1) is 17.8 Å². The molecule has 0 spiro atoms. The van der Waals surface area contributed by atoms with Crippen LogP contribution in [0.15, 0.2) is 11.5 Å². The summed E-state index contributed by atoms with van der Waals surface area (Å²) in [6.45, 7) is 18.8. The fourth-order valence-electron chi connectivity index (χ4n) is 3.53. The zero-order chi connectivity index (χ0) is 19.7. The summed E-state index contributed by atoms with van der Waals surface area (Å²) < 4.78 is 0. The number of thioether (sulfide) groups is 1. The molecule has 0 bridgehead atoms. The Bertz CT molecular complexity index is 264. The first-order valence-corrected chi connectivity index (χ1v) is 12.6. The molecule has 152 valence electrons. The lowest BCUT2D eigenvalue weighted by Gasteiger charge is -2.33. The van der Waals surface area contributed by atoms with Crippen LogP contribution in [0.25, 0.3) is 0 Å². The van der Waals surface area contributed by atoms with Crippen LogP contribution in [0.4, 0.5) is 0 Å². The first-order chi connectivity index (χ1) is 12.0. The molecule has 2 rings (SSSR count). The van der Waals surface area contributed by atoms with E-state index < -0.39 is 0 Å². The van der Waals surface area contributed by atoms with Gasteiger partial charge in [0.15, 0.2) is 0 Å². The number of rotatable bonds is 4. The molecule has 0 N–H and O–H groups in total. The van der Waals surface area contributed by atoms with Gasteiger partial charge in [-0.1, -0.05) is 86.6 Å². The van der Waals surface area contributed by atoms with Crippen LogP contribution in [0.3, 0.4) is 0 Å². The Hall–Kier alpha value is 0.520. The van der Waals surface area contributed by atoms with Crippen molar-refractivity contribution < 1.29 is 0 Å². The Kier molecular flexibility index (Phi) is 21.4. The van der Waals surface area contributed by atoms with Crippen LogP contribution in [-0.2, 0) is 0 Å². The summed E-state index contributed by atoms with van der Waals surface area (Å²) in [5.41, 5.74) is 0. The van der Waals surface area contributed by atoms with Crippen LogP contribution in [0.5, 0.6) is 0 Å². The van der Waals surface area contributed by atoms with E-state index in [0.29, 0.717) is 4.99 Å². The molecule has 0 nitrogen and oxygen atoms in total. The quantitative estimate of drug-likeness (QED) is 0.432. The molecule has 0 aromatic heterocycles. The zero-order valence-corrected chi connectivity index (χ0v) is 20.5. The third kappa shape index (κ3) is 15.3. The van der Waals surface area contributed by atoms with Crippen LogP contribution >= 0.6 is 21.0 Å². The maximum absolute atomic E-state index is 3.98. The van der Waals surface area contributed by atoms with E-state index in [1.807, 2.05) is 39.5 Å². The van der Waals surface area contributed by atoms with E-state index in [2.05, 4.69) is 36.6 Å². The molecular weight excluding hydrogens is 339 g/mol. The van der Waals surface area contributed by atoms with Crippen LogP contribution in [-0.4, -0.2) is 4.99 Å². The van der Waals surface area contributed by atoms with Gasteiger partial charge in [-0.3, -0.25) is 0 Å². The Morgan fingerprint density at radius 1 is 0.800 bits per heavy atom. The molecule has 0 radical (unpaired) electrons. The van der Waals surface area contributed by atoms with Crippen LogP contribution < -0.4 is 0 Å². The van der Waals surface area contributed by atoms with Gasteiger partial charge in [0.2, 0.25) is 0 Å². The second-order valence-electron chi connectivity index (χ2n) is 7.32. The van der Waals surface area contributed by atoms with Gasteiger partial charge in [-0.2, -0.15) is 0 Å². The number of allylic oxidation sites excluding steroid dienone is 1. The lowest BCUT2D eigenvalue weighted by Crippen LogP contribution is -2.22. The molecule has 2 saturated carbocycles. The molecule has 0 aromatic carbocycles. The third-order valence-corrected chi connectivity index (χ3v) is 7.07. The molecule has 0 aromatic rings. The van der Waals surface area contributed by atoms with Gasteiger partial charge < -0.3 is 0 Å². The van der Waals surface area contributed by atoms with Crippen molar-refractivity contribution in [2.75, 3.05) is 0 Å². The van der Waals surface area contributed by atoms with E-state index in [1.54, 1.807) is 0 Å². The van der Waals surface area contributed by atoms with Gasteiger partial charge in [-0.05, 0) is 55.3 Å². The monoisotopic (exact) mass is 388 g/mol. The third-order valence-electron chi connectivity index (χ3n) is 5.06. The highest BCUT2D eigenvalue weighted by molar-refractivity contribution is 8.06. The molecule has 2 aliphatic carbocycles. The SMILES string of the molecule is C1CCCCC1.C=C(C)SC(P)C1CCC(C(C)C)CC1.CC.CC. The van der Waals surface area contributed by atoms with Gasteiger partial charge in [-0.15, -0.1) is 21.0 Å². The minimum atomic E-state index is 0.690. The summed E-state index contributed by atoms with van der Waals surface area (Å²) in [4.78, 5) is 1.94. The lowest BCUT2D eigenvalue weighted by atomic mass is 9.77. The molecule has 2 aliphatic rings. The fourth-order valence-corrected chi connectivity index (χ4v) is 5.54. The minimum Gasteiger partial charge on any atom is -0.124 e. The first kappa shape index (κ1) is 27.7. The summed E-state index contributed by atoms with van der Waals surface area (Å²) in [5.74, 6) is 2.75. The number of hydrogen-bond donors (Lipinski definition) is 0. The average molecular weight is 389 g/mol. The van der Waals surface area contributed by atoms with Crippen LogP contribution in [0.1, 0.15) is 113 Å². The molecule has 0 saturated heterocycles. The van der Waals surface area contributed by atoms with Crippen molar-refractivity contribution in [1.82, 2.24) is 0 Å². The fraction of sp³-hybridized carbons (Fsp3) is 0.913. The highest BCUT2D eigenvalue weighted by Gasteiger charge is 2.26. The van der Waals surface area contributed by atoms with Gasteiger partial charge >= 0.3 is 0 Å². The van der Waals surface area contributed by atoms with Crippen molar-refractivity contribution in [1.29, 1.82) is 0 Å². The van der Waals surface area contributed by atoms with Crippen molar-refractivity contribution >= 4 is 21.0 Å². The van der Waals surface area contributed by atoms with E-state index in [4.69, 9.17) is 0 Å². The van der Waals surface area contributed by atoms with Gasteiger partial charge in [0.25, 0.3) is 0 Å². The Morgan fingerprint density at radius 2 is 1.12 bits per heavy atom. The van der Waals surface area contributed by atoms with E-state index in [-0.39, 0.29) is 0 Å². The second-order valence-corrected chi connectivity index (χ2v) is 10.0. The molecule has 0 amide bonds.